The fourth-order valence-corrected chi connectivity index (χ4v) is 1.69. The molecule has 0 aliphatic carbocycles. The average molecular weight is 274 g/mol. The predicted molar refractivity (Wildman–Crippen MR) is 71.1 cm³/mol. The van der Waals surface area contributed by atoms with Crippen LogP contribution in [0.3, 0.4) is 0 Å². The summed E-state index contributed by atoms with van der Waals surface area (Å²) in [4.78, 5) is 25.8. The van der Waals surface area contributed by atoms with Crippen LogP contribution in [0.5, 0.6) is 0 Å². The predicted octanol–water partition coefficient (Wildman–Crippen LogP) is 1.13. The second-order valence-corrected chi connectivity index (χ2v) is 4.24. The summed E-state index contributed by atoms with van der Waals surface area (Å²) < 4.78 is 1.67. The van der Waals surface area contributed by atoms with Gasteiger partial charge in [0.2, 0.25) is 5.91 Å². The first-order chi connectivity index (χ1) is 9.63. The van der Waals surface area contributed by atoms with E-state index in [0.717, 1.165) is 5.56 Å². The molecule has 1 aromatic carbocycles. The lowest BCUT2D eigenvalue weighted by Gasteiger charge is -2.07. The van der Waals surface area contributed by atoms with Crippen LogP contribution in [0.4, 0.5) is 5.69 Å². The highest BCUT2D eigenvalue weighted by molar-refractivity contribution is 5.92. The van der Waals surface area contributed by atoms with Gasteiger partial charge in [0.1, 0.15) is 12.7 Å². The van der Waals surface area contributed by atoms with E-state index in [0.29, 0.717) is 12.2 Å². The topological polar surface area (TPSA) is 97.1 Å². The van der Waals surface area contributed by atoms with E-state index >= 15 is 0 Å². The summed E-state index contributed by atoms with van der Waals surface area (Å²) in [7, 11) is 0. The van der Waals surface area contributed by atoms with Crippen molar-refractivity contribution in [2.24, 2.45) is 0 Å². The van der Waals surface area contributed by atoms with Crippen LogP contribution >= 0.6 is 0 Å². The Hall–Kier alpha value is -2.70. The van der Waals surface area contributed by atoms with Gasteiger partial charge in [-0.3, -0.25) is 9.59 Å². The van der Waals surface area contributed by atoms with Crippen molar-refractivity contribution in [2.45, 2.75) is 19.4 Å². The smallest absolute Gasteiger partial charge is 0.303 e. The monoisotopic (exact) mass is 274 g/mol. The van der Waals surface area contributed by atoms with E-state index in [4.69, 9.17) is 5.11 Å². The summed E-state index contributed by atoms with van der Waals surface area (Å²) in [6.07, 6.45) is 2.85. The van der Waals surface area contributed by atoms with E-state index in [1.807, 2.05) is 18.2 Å². The SMILES string of the molecule is O=C(O)CCC(=O)Nc1cccc(Cn2cncn2)c1. The van der Waals surface area contributed by atoms with Crippen molar-refractivity contribution in [3.8, 4) is 0 Å². The maximum atomic E-state index is 11.5. The molecule has 0 bridgehead atoms. The maximum Gasteiger partial charge on any atom is 0.303 e. The molecule has 0 saturated carbocycles. The van der Waals surface area contributed by atoms with Gasteiger partial charge in [-0.15, -0.1) is 0 Å². The van der Waals surface area contributed by atoms with Gasteiger partial charge in [-0.25, -0.2) is 9.67 Å². The van der Waals surface area contributed by atoms with Crippen LogP contribution in [-0.4, -0.2) is 31.7 Å². The summed E-state index contributed by atoms with van der Waals surface area (Å²) in [6.45, 7) is 0.554. The number of aromatic nitrogens is 3. The van der Waals surface area contributed by atoms with Crippen molar-refractivity contribution in [1.29, 1.82) is 0 Å². The third kappa shape index (κ3) is 4.20. The second-order valence-electron chi connectivity index (χ2n) is 4.24. The molecule has 1 heterocycles. The quantitative estimate of drug-likeness (QED) is 0.823. The molecular formula is C13H14N4O3. The minimum Gasteiger partial charge on any atom is -0.481 e. The second kappa shape index (κ2) is 6.46. The minimum absolute atomic E-state index is 0.0391. The molecule has 7 nitrogen and oxygen atoms in total. The molecule has 0 saturated heterocycles. The third-order valence-electron chi connectivity index (χ3n) is 2.59. The number of nitrogens with zero attached hydrogens (tertiary/aromatic N) is 3. The Labute approximate surface area is 115 Å². The molecule has 0 unspecified atom stereocenters. The van der Waals surface area contributed by atoms with Crippen molar-refractivity contribution in [1.82, 2.24) is 14.8 Å². The van der Waals surface area contributed by atoms with E-state index < -0.39 is 5.97 Å². The molecule has 0 atom stereocenters. The number of hydrogen-bond acceptors (Lipinski definition) is 4. The van der Waals surface area contributed by atoms with Crippen LogP contribution in [0.15, 0.2) is 36.9 Å². The van der Waals surface area contributed by atoms with Crippen molar-refractivity contribution in [2.75, 3.05) is 5.32 Å². The van der Waals surface area contributed by atoms with Crippen LogP contribution in [-0.2, 0) is 16.1 Å². The zero-order valence-electron chi connectivity index (χ0n) is 10.7. The molecule has 0 aliphatic rings. The molecule has 0 aliphatic heterocycles. The molecule has 7 heteroatoms. The summed E-state index contributed by atoms with van der Waals surface area (Å²) >= 11 is 0. The number of rotatable bonds is 6. The highest BCUT2D eigenvalue weighted by Gasteiger charge is 2.06. The zero-order chi connectivity index (χ0) is 14.4. The summed E-state index contributed by atoms with van der Waals surface area (Å²) in [5.41, 5.74) is 1.60. The summed E-state index contributed by atoms with van der Waals surface area (Å²) in [5, 5.41) is 15.2. The fourth-order valence-electron chi connectivity index (χ4n) is 1.69. The molecule has 0 fully saturated rings. The highest BCUT2D eigenvalue weighted by Crippen LogP contribution is 2.12. The van der Waals surface area contributed by atoms with Gasteiger partial charge in [-0.05, 0) is 17.7 Å². The average Bonchev–Trinajstić information content (AvgIpc) is 2.89. The number of benzene rings is 1. The number of nitrogens with one attached hydrogen (secondary N) is 1. The van der Waals surface area contributed by atoms with Crippen molar-refractivity contribution >= 4 is 17.6 Å². The zero-order valence-corrected chi connectivity index (χ0v) is 10.7. The molecule has 104 valence electrons. The first-order valence-corrected chi connectivity index (χ1v) is 6.06. The lowest BCUT2D eigenvalue weighted by atomic mass is 10.2. The minimum atomic E-state index is -0.986. The normalized spacial score (nSPS) is 10.2. The standard InChI is InChI=1S/C13H14N4O3/c18-12(4-5-13(19)20)16-11-3-1-2-10(6-11)7-17-9-14-8-15-17/h1-3,6,8-9H,4-5,7H2,(H,16,18)(H,19,20). The molecule has 2 N–H and O–H groups in total. The number of carboxylic acid groups (broad SMARTS) is 1. The van der Waals surface area contributed by atoms with Crippen molar-refractivity contribution in [3.63, 3.8) is 0 Å². The molecule has 0 radical (unpaired) electrons. The van der Waals surface area contributed by atoms with Gasteiger partial charge in [0.15, 0.2) is 0 Å². The molecule has 0 spiro atoms. The number of carboxylic acids is 1. The Morgan fingerprint density at radius 1 is 1.30 bits per heavy atom. The van der Waals surface area contributed by atoms with Gasteiger partial charge in [0.25, 0.3) is 0 Å². The Morgan fingerprint density at radius 3 is 2.85 bits per heavy atom. The third-order valence-corrected chi connectivity index (χ3v) is 2.59. The first-order valence-electron chi connectivity index (χ1n) is 6.06. The van der Waals surface area contributed by atoms with E-state index in [9.17, 15) is 9.59 Å². The van der Waals surface area contributed by atoms with Crippen LogP contribution in [0.1, 0.15) is 18.4 Å². The van der Waals surface area contributed by atoms with Crippen molar-refractivity contribution in [3.05, 3.63) is 42.5 Å². The van der Waals surface area contributed by atoms with E-state index in [1.54, 1.807) is 17.1 Å². The van der Waals surface area contributed by atoms with E-state index in [1.165, 1.54) is 6.33 Å². The fraction of sp³-hybridized carbons (Fsp3) is 0.231. The molecule has 2 rings (SSSR count). The number of hydrogen-bond donors (Lipinski definition) is 2. The maximum absolute atomic E-state index is 11.5. The number of carbonyl (C=O) groups is 2. The Morgan fingerprint density at radius 2 is 2.15 bits per heavy atom. The molecule has 2 aromatic rings. The summed E-state index contributed by atoms with van der Waals surface area (Å²) in [6, 6.07) is 7.30. The first kappa shape index (κ1) is 13.7. The summed E-state index contributed by atoms with van der Waals surface area (Å²) in [5.74, 6) is -1.30. The van der Waals surface area contributed by atoms with E-state index in [2.05, 4.69) is 15.4 Å². The number of anilines is 1. The van der Waals surface area contributed by atoms with Crippen molar-refractivity contribution < 1.29 is 14.7 Å². The Balaban J connectivity index is 1.95. The number of aliphatic carboxylic acids is 1. The van der Waals surface area contributed by atoms with Crippen LogP contribution in [0, 0.1) is 0 Å². The molecule has 20 heavy (non-hydrogen) atoms. The lowest BCUT2D eigenvalue weighted by molar-refractivity contribution is -0.138. The van der Waals surface area contributed by atoms with Gasteiger partial charge >= 0.3 is 5.97 Å². The lowest BCUT2D eigenvalue weighted by Crippen LogP contribution is -2.13. The highest BCUT2D eigenvalue weighted by atomic mass is 16.4. The number of carbonyl (C=O) groups excluding carboxylic acids is 1. The molecule has 1 amide bonds. The van der Waals surface area contributed by atoms with Gasteiger partial charge in [-0.1, -0.05) is 12.1 Å². The molecule has 1 aromatic heterocycles. The largest absolute Gasteiger partial charge is 0.481 e. The Kier molecular flexibility index (Phi) is 4.43. The molecular weight excluding hydrogens is 260 g/mol. The van der Waals surface area contributed by atoms with E-state index in [-0.39, 0.29) is 18.7 Å². The van der Waals surface area contributed by atoms with Gasteiger partial charge in [0, 0.05) is 12.1 Å². The Bertz CT molecular complexity index is 595. The van der Waals surface area contributed by atoms with Gasteiger partial charge in [0.05, 0.1) is 13.0 Å². The van der Waals surface area contributed by atoms with Crippen LogP contribution in [0.2, 0.25) is 0 Å². The van der Waals surface area contributed by atoms with Gasteiger partial charge in [-0.2, -0.15) is 5.10 Å². The number of amides is 1. The van der Waals surface area contributed by atoms with Gasteiger partial charge < -0.3 is 10.4 Å². The van der Waals surface area contributed by atoms with Crippen LogP contribution in [0.25, 0.3) is 0 Å². The van der Waals surface area contributed by atoms with Crippen LogP contribution < -0.4 is 5.32 Å².